The molecule has 1 aliphatic heterocycles. The predicted molar refractivity (Wildman–Crippen MR) is 65.1 cm³/mol. The van der Waals surface area contributed by atoms with Crippen molar-refractivity contribution in [3.05, 3.63) is 0 Å². The summed E-state index contributed by atoms with van der Waals surface area (Å²) in [5.74, 6) is -0.259. The first-order chi connectivity index (χ1) is 8.51. The summed E-state index contributed by atoms with van der Waals surface area (Å²) in [6.45, 7) is 3.41. The van der Waals surface area contributed by atoms with Gasteiger partial charge in [-0.05, 0) is 38.5 Å². The van der Waals surface area contributed by atoms with Crippen LogP contribution in [0.15, 0.2) is 0 Å². The molecule has 0 aromatic heterocycles. The molecule has 1 heterocycles. The van der Waals surface area contributed by atoms with E-state index in [1.807, 2.05) is 0 Å². The Hall–Kier alpha value is -1.10. The lowest BCUT2D eigenvalue weighted by Gasteiger charge is -2.37. The highest BCUT2D eigenvalue weighted by Gasteiger charge is 2.39. The summed E-state index contributed by atoms with van der Waals surface area (Å²) in [5, 5.41) is 9.18. The molecular weight excluding hydrogens is 234 g/mol. The second-order valence-electron chi connectivity index (χ2n) is 5.74. The summed E-state index contributed by atoms with van der Waals surface area (Å²) < 4.78 is 5.36. The molecule has 0 spiro atoms. The van der Waals surface area contributed by atoms with E-state index >= 15 is 0 Å². The number of carboxylic acid groups (broad SMARTS) is 1. The number of carbonyl (C=O) groups is 2. The van der Waals surface area contributed by atoms with Crippen LogP contribution in [0.4, 0.5) is 0 Å². The molecule has 1 N–H and O–H groups in total. The fraction of sp³-hybridized carbons (Fsp3) is 0.846. The quantitative estimate of drug-likeness (QED) is 0.799. The normalized spacial score (nSPS) is 28.2. The first kappa shape index (κ1) is 13.3. The van der Waals surface area contributed by atoms with Gasteiger partial charge in [0.2, 0.25) is 5.91 Å². The SMILES string of the molecule is CC1(C(=O)O)CCCN(C(=O)COCC2CC2)C1. The third-order valence-electron chi connectivity index (χ3n) is 3.84. The minimum Gasteiger partial charge on any atom is -0.481 e. The lowest BCUT2D eigenvalue weighted by molar-refractivity contribution is -0.154. The van der Waals surface area contributed by atoms with Crippen molar-refractivity contribution in [2.45, 2.75) is 32.6 Å². The Labute approximate surface area is 107 Å². The first-order valence-corrected chi connectivity index (χ1v) is 6.60. The standard InChI is InChI=1S/C13H21NO4/c1-13(12(16)17)5-2-6-14(9-13)11(15)8-18-7-10-3-4-10/h10H,2-9H2,1H3,(H,16,17). The average Bonchev–Trinajstić information content (AvgIpc) is 3.13. The minimum atomic E-state index is -0.820. The number of aliphatic carboxylic acids is 1. The number of amides is 1. The van der Waals surface area contributed by atoms with Gasteiger partial charge in [-0.25, -0.2) is 0 Å². The van der Waals surface area contributed by atoms with Crippen molar-refractivity contribution in [1.82, 2.24) is 4.90 Å². The molecular formula is C13H21NO4. The lowest BCUT2D eigenvalue weighted by atomic mass is 9.82. The van der Waals surface area contributed by atoms with Gasteiger partial charge >= 0.3 is 5.97 Å². The van der Waals surface area contributed by atoms with E-state index in [1.54, 1.807) is 11.8 Å². The zero-order chi connectivity index (χ0) is 13.2. The number of ether oxygens (including phenoxy) is 1. The number of likely N-dealkylation sites (tertiary alicyclic amines) is 1. The maximum atomic E-state index is 11.9. The predicted octanol–water partition coefficient (Wildman–Crippen LogP) is 1.13. The van der Waals surface area contributed by atoms with E-state index in [-0.39, 0.29) is 12.5 Å². The number of carboxylic acids is 1. The van der Waals surface area contributed by atoms with E-state index in [0.717, 1.165) is 6.42 Å². The van der Waals surface area contributed by atoms with Gasteiger partial charge in [-0.1, -0.05) is 0 Å². The van der Waals surface area contributed by atoms with Gasteiger partial charge in [0, 0.05) is 13.1 Å². The van der Waals surface area contributed by atoms with Crippen molar-refractivity contribution in [3.63, 3.8) is 0 Å². The monoisotopic (exact) mass is 255 g/mol. The second kappa shape index (κ2) is 5.26. The van der Waals surface area contributed by atoms with Crippen LogP contribution in [0, 0.1) is 11.3 Å². The molecule has 1 saturated heterocycles. The topological polar surface area (TPSA) is 66.8 Å². The van der Waals surface area contributed by atoms with Crippen LogP contribution >= 0.6 is 0 Å². The maximum absolute atomic E-state index is 11.9. The highest BCUT2D eigenvalue weighted by Crippen LogP contribution is 2.30. The van der Waals surface area contributed by atoms with Gasteiger partial charge in [-0.15, -0.1) is 0 Å². The highest BCUT2D eigenvalue weighted by atomic mass is 16.5. The van der Waals surface area contributed by atoms with Gasteiger partial charge in [-0.2, -0.15) is 0 Å². The molecule has 1 atom stereocenters. The van der Waals surface area contributed by atoms with Gasteiger partial charge in [0.05, 0.1) is 12.0 Å². The Morgan fingerprint density at radius 2 is 2.17 bits per heavy atom. The van der Waals surface area contributed by atoms with Crippen LogP contribution < -0.4 is 0 Å². The van der Waals surface area contributed by atoms with Crippen molar-refractivity contribution in [1.29, 1.82) is 0 Å². The number of hydrogen-bond acceptors (Lipinski definition) is 3. The average molecular weight is 255 g/mol. The molecule has 0 radical (unpaired) electrons. The van der Waals surface area contributed by atoms with Crippen LogP contribution in [0.2, 0.25) is 0 Å². The Kier molecular flexibility index (Phi) is 3.90. The molecule has 18 heavy (non-hydrogen) atoms. The van der Waals surface area contributed by atoms with E-state index in [0.29, 0.717) is 32.0 Å². The summed E-state index contributed by atoms with van der Waals surface area (Å²) in [6, 6.07) is 0. The number of hydrogen-bond donors (Lipinski definition) is 1. The maximum Gasteiger partial charge on any atom is 0.311 e. The molecule has 2 aliphatic rings. The molecule has 2 fully saturated rings. The summed E-state index contributed by atoms with van der Waals surface area (Å²) in [5.41, 5.74) is -0.801. The fourth-order valence-corrected chi connectivity index (χ4v) is 2.32. The van der Waals surface area contributed by atoms with Crippen molar-refractivity contribution in [3.8, 4) is 0 Å². The Bertz CT molecular complexity index is 340. The van der Waals surface area contributed by atoms with Crippen molar-refractivity contribution < 1.29 is 19.4 Å². The summed E-state index contributed by atoms with van der Waals surface area (Å²) in [6.07, 6.45) is 3.79. The smallest absolute Gasteiger partial charge is 0.311 e. The molecule has 1 aliphatic carbocycles. The van der Waals surface area contributed by atoms with Crippen molar-refractivity contribution in [2.24, 2.45) is 11.3 Å². The largest absolute Gasteiger partial charge is 0.481 e. The van der Waals surface area contributed by atoms with Gasteiger partial charge in [0.15, 0.2) is 0 Å². The summed E-state index contributed by atoms with van der Waals surface area (Å²) in [7, 11) is 0. The van der Waals surface area contributed by atoms with Gasteiger partial charge < -0.3 is 14.7 Å². The zero-order valence-corrected chi connectivity index (χ0v) is 10.9. The summed E-state index contributed by atoms with van der Waals surface area (Å²) >= 11 is 0. The van der Waals surface area contributed by atoms with Crippen LogP contribution in [0.3, 0.4) is 0 Å². The minimum absolute atomic E-state index is 0.0807. The molecule has 5 nitrogen and oxygen atoms in total. The molecule has 2 rings (SSSR count). The van der Waals surface area contributed by atoms with Crippen LogP contribution in [-0.4, -0.2) is 48.2 Å². The van der Waals surface area contributed by atoms with E-state index in [9.17, 15) is 14.7 Å². The summed E-state index contributed by atoms with van der Waals surface area (Å²) in [4.78, 5) is 24.7. The highest BCUT2D eigenvalue weighted by molar-refractivity contribution is 5.80. The third kappa shape index (κ3) is 3.22. The van der Waals surface area contributed by atoms with Crippen molar-refractivity contribution in [2.75, 3.05) is 26.3 Å². The third-order valence-corrected chi connectivity index (χ3v) is 3.84. The van der Waals surface area contributed by atoms with Crippen molar-refractivity contribution >= 4 is 11.9 Å². The van der Waals surface area contributed by atoms with Crippen LogP contribution in [0.5, 0.6) is 0 Å². The molecule has 102 valence electrons. The van der Waals surface area contributed by atoms with Gasteiger partial charge in [0.25, 0.3) is 0 Å². The Morgan fingerprint density at radius 3 is 2.78 bits per heavy atom. The Morgan fingerprint density at radius 1 is 1.44 bits per heavy atom. The molecule has 0 aromatic rings. The molecule has 0 bridgehead atoms. The number of piperidine rings is 1. The Balaban J connectivity index is 1.79. The molecule has 1 saturated carbocycles. The molecule has 1 amide bonds. The fourth-order valence-electron chi connectivity index (χ4n) is 2.32. The number of carbonyl (C=O) groups excluding carboxylic acids is 1. The van der Waals surface area contributed by atoms with Crippen LogP contribution in [0.1, 0.15) is 32.6 Å². The van der Waals surface area contributed by atoms with Gasteiger partial charge in [0.1, 0.15) is 6.61 Å². The lowest BCUT2D eigenvalue weighted by Crippen LogP contribution is -2.49. The van der Waals surface area contributed by atoms with E-state index in [4.69, 9.17) is 4.74 Å². The second-order valence-corrected chi connectivity index (χ2v) is 5.74. The molecule has 0 aromatic carbocycles. The van der Waals surface area contributed by atoms with Crippen LogP contribution in [-0.2, 0) is 14.3 Å². The molecule has 1 unspecified atom stereocenters. The van der Waals surface area contributed by atoms with Crippen LogP contribution in [0.25, 0.3) is 0 Å². The number of nitrogens with zero attached hydrogens (tertiary/aromatic N) is 1. The van der Waals surface area contributed by atoms with Gasteiger partial charge in [-0.3, -0.25) is 9.59 Å². The van der Waals surface area contributed by atoms with E-state index in [1.165, 1.54) is 12.8 Å². The van der Waals surface area contributed by atoms with E-state index in [2.05, 4.69) is 0 Å². The first-order valence-electron chi connectivity index (χ1n) is 6.60. The molecule has 5 heteroatoms. The zero-order valence-electron chi connectivity index (χ0n) is 10.9. The van der Waals surface area contributed by atoms with E-state index < -0.39 is 11.4 Å². The number of rotatable bonds is 5.